The molecule has 5 nitrogen and oxygen atoms in total. The maximum absolute atomic E-state index is 10.6. The second kappa shape index (κ2) is 5.12. The normalized spacial score (nSPS) is 29.7. The summed E-state index contributed by atoms with van der Waals surface area (Å²) in [5, 5.41) is 8.74. The van der Waals surface area contributed by atoms with Crippen LogP contribution in [0.15, 0.2) is 0 Å². The lowest BCUT2D eigenvalue weighted by atomic mass is 10.2. The van der Waals surface area contributed by atoms with Gasteiger partial charge in [-0.1, -0.05) is 0 Å². The van der Waals surface area contributed by atoms with Crippen LogP contribution in [0.5, 0.6) is 0 Å². The van der Waals surface area contributed by atoms with Crippen molar-refractivity contribution in [2.45, 2.75) is 12.5 Å². The highest BCUT2D eigenvalue weighted by atomic mass is 16.4. The van der Waals surface area contributed by atoms with Gasteiger partial charge in [0.15, 0.2) is 0 Å². The summed E-state index contributed by atoms with van der Waals surface area (Å²) in [6.45, 7) is 6.58. The average Bonchev–Trinajstić information content (AvgIpc) is 2.66. The molecule has 0 radical (unpaired) electrons. The van der Waals surface area contributed by atoms with E-state index in [-0.39, 0.29) is 6.54 Å². The molecule has 0 aliphatic carbocycles. The van der Waals surface area contributed by atoms with Gasteiger partial charge in [0.05, 0.1) is 6.54 Å². The number of aliphatic carboxylic acids is 1. The minimum Gasteiger partial charge on any atom is -0.480 e. The molecule has 1 unspecified atom stereocenters. The van der Waals surface area contributed by atoms with E-state index in [0.717, 1.165) is 45.7 Å². The Labute approximate surface area is 96.6 Å². The number of carboxylic acid groups (broad SMARTS) is 1. The Morgan fingerprint density at radius 3 is 2.56 bits per heavy atom. The van der Waals surface area contributed by atoms with Crippen molar-refractivity contribution in [3.8, 4) is 0 Å². The second-order valence-corrected chi connectivity index (χ2v) is 4.91. The molecule has 0 bridgehead atoms. The third kappa shape index (κ3) is 2.93. The predicted molar refractivity (Wildman–Crippen MR) is 61.6 cm³/mol. The van der Waals surface area contributed by atoms with E-state index in [1.54, 1.807) is 0 Å². The number of hydrogen-bond acceptors (Lipinski definition) is 4. The molecule has 16 heavy (non-hydrogen) atoms. The van der Waals surface area contributed by atoms with E-state index in [1.807, 2.05) is 4.90 Å². The van der Waals surface area contributed by atoms with Gasteiger partial charge in [-0.05, 0) is 13.5 Å². The highest BCUT2D eigenvalue weighted by molar-refractivity contribution is 5.69. The fraction of sp³-hybridized carbons (Fsp3) is 0.909. The van der Waals surface area contributed by atoms with Crippen molar-refractivity contribution < 1.29 is 9.90 Å². The standard InChI is InChI=1S/C11H21N3O2/c1-12-4-6-14(7-5-12)10-2-3-13(8-10)9-11(15)16/h10H,2-9H2,1H3,(H,15,16). The third-order valence-electron chi connectivity index (χ3n) is 3.66. The van der Waals surface area contributed by atoms with Crippen molar-refractivity contribution in [2.75, 3.05) is 52.9 Å². The zero-order chi connectivity index (χ0) is 11.5. The summed E-state index contributed by atoms with van der Waals surface area (Å²) in [6, 6.07) is 0.577. The topological polar surface area (TPSA) is 47.0 Å². The van der Waals surface area contributed by atoms with Crippen molar-refractivity contribution in [3.05, 3.63) is 0 Å². The second-order valence-electron chi connectivity index (χ2n) is 4.91. The molecule has 0 aromatic carbocycles. The number of carbonyl (C=O) groups is 1. The molecule has 0 saturated carbocycles. The molecule has 0 aromatic rings. The lowest BCUT2D eigenvalue weighted by molar-refractivity contribution is -0.138. The van der Waals surface area contributed by atoms with Crippen LogP contribution in [0.3, 0.4) is 0 Å². The van der Waals surface area contributed by atoms with E-state index in [1.165, 1.54) is 0 Å². The van der Waals surface area contributed by atoms with Crippen LogP contribution in [0, 0.1) is 0 Å². The molecule has 2 fully saturated rings. The van der Waals surface area contributed by atoms with Crippen LogP contribution in [0.2, 0.25) is 0 Å². The minimum absolute atomic E-state index is 0.199. The summed E-state index contributed by atoms with van der Waals surface area (Å²) in [4.78, 5) is 17.5. The van der Waals surface area contributed by atoms with Gasteiger partial charge < -0.3 is 10.0 Å². The molecule has 5 heteroatoms. The van der Waals surface area contributed by atoms with Crippen molar-refractivity contribution in [2.24, 2.45) is 0 Å². The number of likely N-dealkylation sites (tertiary alicyclic amines) is 1. The number of likely N-dealkylation sites (N-methyl/N-ethyl adjacent to an activating group) is 1. The number of carboxylic acids is 1. The first-order chi connectivity index (χ1) is 7.65. The molecular formula is C11H21N3O2. The van der Waals surface area contributed by atoms with Crippen molar-refractivity contribution in [1.29, 1.82) is 0 Å². The van der Waals surface area contributed by atoms with E-state index >= 15 is 0 Å². The fourth-order valence-corrected chi connectivity index (χ4v) is 2.63. The Bertz CT molecular complexity index is 252. The SMILES string of the molecule is CN1CCN(C2CCN(CC(=O)O)C2)CC1. The molecule has 92 valence electrons. The molecule has 2 rings (SSSR count). The molecule has 2 aliphatic rings. The largest absolute Gasteiger partial charge is 0.480 e. The van der Waals surface area contributed by atoms with Crippen molar-refractivity contribution in [1.82, 2.24) is 14.7 Å². The Morgan fingerprint density at radius 1 is 1.25 bits per heavy atom. The van der Waals surface area contributed by atoms with Crippen LogP contribution < -0.4 is 0 Å². The van der Waals surface area contributed by atoms with Gasteiger partial charge in [0.1, 0.15) is 0 Å². The highest BCUT2D eigenvalue weighted by Crippen LogP contribution is 2.16. The Balaban J connectivity index is 1.77. The molecular weight excluding hydrogens is 206 g/mol. The van der Waals surface area contributed by atoms with Gasteiger partial charge in [-0.15, -0.1) is 0 Å². The molecule has 1 atom stereocenters. The molecule has 0 spiro atoms. The minimum atomic E-state index is -0.709. The van der Waals surface area contributed by atoms with Crippen LogP contribution in [0.1, 0.15) is 6.42 Å². The van der Waals surface area contributed by atoms with E-state index in [2.05, 4.69) is 16.8 Å². The molecule has 2 aliphatic heterocycles. The number of rotatable bonds is 3. The Kier molecular flexibility index (Phi) is 3.78. The number of piperazine rings is 1. The van der Waals surface area contributed by atoms with Crippen LogP contribution in [-0.2, 0) is 4.79 Å². The van der Waals surface area contributed by atoms with E-state index < -0.39 is 5.97 Å². The first kappa shape index (κ1) is 11.8. The Morgan fingerprint density at radius 2 is 1.94 bits per heavy atom. The van der Waals surface area contributed by atoms with Gasteiger partial charge in [0, 0.05) is 45.3 Å². The number of hydrogen-bond donors (Lipinski definition) is 1. The molecule has 0 aromatic heterocycles. The Hall–Kier alpha value is -0.650. The van der Waals surface area contributed by atoms with Gasteiger partial charge in [-0.25, -0.2) is 0 Å². The summed E-state index contributed by atoms with van der Waals surface area (Å²) in [5.74, 6) is -0.709. The summed E-state index contributed by atoms with van der Waals surface area (Å²) in [6.07, 6.45) is 1.12. The maximum Gasteiger partial charge on any atom is 0.317 e. The van der Waals surface area contributed by atoms with E-state index in [9.17, 15) is 4.79 Å². The summed E-state index contributed by atoms with van der Waals surface area (Å²) in [5.41, 5.74) is 0. The third-order valence-corrected chi connectivity index (χ3v) is 3.66. The van der Waals surface area contributed by atoms with Gasteiger partial charge in [0.25, 0.3) is 0 Å². The average molecular weight is 227 g/mol. The first-order valence-electron chi connectivity index (χ1n) is 6.02. The molecule has 2 heterocycles. The van der Waals surface area contributed by atoms with Gasteiger partial charge in [0.2, 0.25) is 0 Å². The lowest BCUT2D eigenvalue weighted by Gasteiger charge is -2.36. The fourth-order valence-electron chi connectivity index (χ4n) is 2.63. The van der Waals surface area contributed by atoms with Gasteiger partial charge in [-0.3, -0.25) is 14.6 Å². The van der Waals surface area contributed by atoms with Gasteiger partial charge in [-0.2, -0.15) is 0 Å². The van der Waals surface area contributed by atoms with Gasteiger partial charge >= 0.3 is 5.97 Å². The molecule has 2 saturated heterocycles. The zero-order valence-electron chi connectivity index (χ0n) is 9.93. The smallest absolute Gasteiger partial charge is 0.317 e. The lowest BCUT2D eigenvalue weighted by Crippen LogP contribution is -2.49. The molecule has 1 N–H and O–H groups in total. The first-order valence-corrected chi connectivity index (χ1v) is 6.02. The quantitative estimate of drug-likeness (QED) is 0.697. The predicted octanol–water partition coefficient (Wildman–Crippen LogP) is -0.607. The monoisotopic (exact) mass is 227 g/mol. The van der Waals surface area contributed by atoms with Crippen molar-refractivity contribution in [3.63, 3.8) is 0 Å². The summed E-state index contributed by atoms with van der Waals surface area (Å²) >= 11 is 0. The summed E-state index contributed by atoms with van der Waals surface area (Å²) in [7, 11) is 2.16. The van der Waals surface area contributed by atoms with Crippen LogP contribution in [0.4, 0.5) is 0 Å². The molecule has 0 amide bonds. The maximum atomic E-state index is 10.6. The zero-order valence-corrected chi connectivity index (χ0v) is 9.93. The van der Waals surface area contributed by atoms with Crippen molar-refractivity contribution >= 4 is 5.97 Å². The van der Waals surface area contributed by atoms with Crippen LogP contribution in [0.25, 0.3) is 0 Å². The van der Waals surface area contributed by atoms with Crippen LogP contribution in [-0.4, -0.2) is 84.7 Å². The summed E-state index contributed by atoms with van der Waals surface area (Å²) < 4.78 is 0. The van der Waals surface area contributed by atoms with E-state index in [4.69, 9.17) is 5.11 Å². The number of nitrogens with zero attached hydrogens (tertiary/aromatic N) is 3. The van der Waals surface area contributed by atoms with Crippen LogP contribution >= 0.6 is 0 Å². The highest BCUT2D eigenvalue weighted by Gasteiger charge is 2.29. The van der Waals surface area contributed by atoms with E-state index in [0.29, 0.717) is 6.04 Å².